The van der Waals surface area contributed by atoms with Crippen molar-refractivity contribution < 1.29 is 28.2 Å². The van der Waals surface area contributed by atoms with Gasteiger partial charge in [-0.05, 0) is 24.6 Å². The molecule has 2 amide bonds. The lowest BCUT2D eigenvalue weighted by Gasteiger charge is -2.39. The number of piperidine rings is 1. The monoisotopic (exact) mass is 419 g/mol. The highest BCUT2D eigenvalue weighted by Gasteiger charge is 2.41. The average molecular weight is 419 g/mol. The molecule has 3 aliphatic heterocycles. The van der Waals surface area contributed by atoms with E-state index < -0.39 is 23.8 Å². The van der Waals surface area contributed by atoms with Crippen molar-refractivity contribution in [3.63, 3.8) is 0 Å². The number of likely N-dealkylation sites (tertiary alicyclic amines) is 1. The third-order valence-corrected chi connectivity index (χ3v) is 5.67. The summed E-state index contributed by atoms with van der Waals surface area (Å²) in [6, 6.07) is 4.59. The summed E-state index contributed by atoms with van der Waals surface area (Å²) in [6.07, 6.45) is 1.45. The summed E-state index contributed by atoms with van der Waals surface area (Å²) < 4.78 is 30.2. The second-order valence-corrected chi connectivity index (χ2v) is 7.58. The quantitative estimate of drug-likeness (QED) is 0.708. The van der Waals surface area contributed by atoms with Crippen molar-refractivity contribution in [3.8, 4) is 0 Å². The number of benzene rings is 1. The van der Waals surface area contributed by atoms with E-state index in [1.54, 1.807) is 19.1 Å². The van der Waals surface area contributed by atoms with E-state index in [0.717, 1.165) is 12.8 Å². The molecule has 162 valence electrons. The minimum atomic E-state index is -0.717. The van der Waals surface area contributed by atoms with E-state index in [2.05, 4.69) is 15.5 Å². The minimum absolute atomic E-state index is 0.209. The molecule has 0 radical (unpaired) electrons. The molecule has 0 aliphatic carbocycles. The van der Waals surface area contributed by atoms with Crippen LogP contribution in [-0.4, -0.2) is 62.1 Å². The fourth-order valence-electron chi connectivity index (χ4n) is 4.16. The Hall–Kier alpha value is -2.49. The zero-order chi connectivity index (χ0) is 21.1. The number of nitrogens with zero attached hydrogens (tertiary/aromatic N) is 1. The normalized spacial score (nSPS) is 23.9. The number of hydrogen-bond acceptors (Lipinski definition) is 6. The molecule has 9 heteroatoms. The first kappa shape index (κ1) is 20.8. The van der Waals surface area contributed by atoms with Gasteiger partial charge in [-0.3, -0.25) is 4.90 Å². The van der Waals surface area contributed by atoms with Crippen molar-refractivity contribution in [2.75, 3.05) is 39.5 Å². The molecule has 1 atom stereocenters. The van der Waals surface area contributed by atoms with Gasteiger partial charge in [0.1, 0.15) is 5.82 Å². The van der Waals surface area contributed by atoms with Crippen molar-refractivity contribution in [2.45, 2.75) is 31.6 Å². The minimum Gasteiger partial charge on any atom is -0.463 e. The van der Waals surface area contributed by atoms with E-state index >= 15 is 0 Å². The van der Waals surface area contributed by atoms with Gasteiger partial charge in [-0.2, -0.15) is 0 Å². The summed E-state index contributed by atoms with van der Waals surface area (Å²) in [5, 5.41) is 5.53. The number of ether oxygens (including phenoxy) is 3. The van der Waals surface area contributed by atoms with Crippen molar-refractivity contribution in [3.05, 3.63) is 46.9 Å². The number of urea groups is 1. The lowest BCUT2D eigenvalue weighted by atomic mass is 9.94. The number of nitrogens with one attached hydrogen (secondary N) is 2. The molecule has 2 fully saturated rings. The molecule has 2 N–H and O–H groups in total. The Morgan fingerprint density at radius 2 is 1.90 bits per heavy atom. The van der Waals surface area contributed by atoms with Crippen LogP contribution < -0.4 is 10.6 Å². The highest BCUT2D eigenvalue weighted by atomic mass is 19.1. The predicted molar refractivity (Wildman–Crippen MR) is 105 cm³/mol. The number of hydrogen-bond donors (Lipinski definition) is 2. The maximum Gasteiger partial charge on any atom is 0.338 e. The topological polar surface area (TPSA) is 89.1 Å². The van der Waals surface area contributed by atoms with Gasteiger partial charge in [0.05, 0.1) is 31.4 Å². The van der Waals surface area contributed by atoms with Crippen LogP contribution >= 0.6 is 0 Å². The summed E-state index contributed by atoms with van der Waals surface area (Å²) >= 11 is 0. The van der Waals surface area contributed by atoms with Crippen molar-refractivity contribution >= 4 is 12.0 Å². The number of carbonyl (C=O) groups is 2. The molecular weight excluding hydrogens is 393 g/mol. The molecule has 2 saturated heterocycles. The van der Waals surface area contributed by atoms with Crippen LogP contribution in [0, 0.1) is 5.82 Å². The van der Waals surface area contributed by atoms with Gasteiger partial charge in [0.25, 0.3) is 0 Å². The third kappa shape index (κ3) is 4.33. The molecule has 3 aliphatic rings. The van der Waals surface area contributed by atoms with Crippen LogP contribution in [0.15, 0.2) is 35.5 Å². The SMILES string of the molecule is CCOC(=O)C1=C(CN2CCC3(CC2)OCCO3)NC(=O)NC1c1ccc(F)cc1. The fourth-order valence-corrected chi connectivity index (χ4v) is 4.16. The summed E-state index contributed by atoms with van der Waals surface area (Å²) in [6.45, 7) is 4.97. The van der Waals surface area contributed by atoms with Gasteiger partial charge >= 0.3 is 12.0 Å². The summed E-state index contributed by atoms with van der Waals surface area (Å²) in [5.41, 5.74) is 1.43. The molecule has 1 spiro atoms. The van der Waals surface area contributed by atoms with Crippen molar-refractivity contribution in [1.82, 2.24) is 15.5 Å². The van der Waals surface area contributed by atoms with E-state index in [0.29, 0.717) is 49.7 Å². The average Bonchev–Trinajstić information content (AvgIpc) is 3.18. The largest absolute Gasteiger partial charge is 0.463 e. The number of halogens is 1. The Bertz CT molecular complexity index is 826. The van der Waals surface area contributed by atoms with Crippen molar-refractivity contribution in [2.24, 2.45) is 0 Å². The maximum absolute atomic E-state index is 13.4. The van der Waals surface area contributed by atoms with Crippen LogP contribution in [0.25, 0.3) is 0 Å². The molecule has 30 heavy (non-hydrogen) atoms. The lowest BCUT2D eigenvalue weighted by Crippen LogP contribution is -2.51. The van der Waals surface area contributed by atoms with Crippen LogP contribution in [0.3, 0.4) is 0 Å². The molecule has 0 aromatic heterocycles. The Balaban J connectivity index is 1.59. The van der Waals surface area contributed by atoms with Crippen LogP contribution in [-0.2, 0) is 19.0 Å². The maximum atomic E-state index is 13.4. The predicted octanol–water partition coefficient (Wildman–Crippen LogP) is 1.84. The van der Waals surface area contributed by atoms with Gasteiger partial charge in [0.15, 0.2) is 5.79 Å². The third-order valence-electron chi connectivity index (χ3n) is 5.67. The highest BCUT2D eigenvalue weighted by Crippen LogP contribution is 2.33. The van der Waals surface area contributed by atoms with E-state index in [1.807, 2.05) is 0 Å². The van der Waals surface area contributed by atoms with E-state index in [1.165, 1.54) is 12.1 Å². The number of esters is 1. The molecule has 4 rings (SSSR count). The lowest BCUT2D eigenvalue weighted by molar-refractivity contribution is -0.184. The van der Waals surface area contributed by atoms with Crippen molar-refractivity contribution in [1.29, 1.82) is 0 Å². The Morgan fingerprint density at radius 3 is 2.53 bits per heavy atom. The number of rotatable bonds is 5. The summed E-state index contributed by atoms with van der Waals surface area (Å²) in [4.78, 5) is 27.3. The van der Waals surface area contributed by atoms with Crippen LogP contribution in [0.5, 0.6) is 0 Å². The molecule has 0 bridgehead atoms. The molecule has 1 aromatic rings. The zero-order valence-electron chi connectivity index (χ0n) is 16.9. The van der Waals surface area contributed by atoms with Gasteiger partial charge in [-0.1, -0.05) is 12.1 Å². The zero-order valence-corrected chi connectivity index (χ0v) is 16.9. The molecule has 1 unspecified atom stereocenters. The molecule has 1 aromatic carbocycles. The smallest absolute Gasteiger partial charge is 0.338 e. The van der Waals surface area contributed by atoms with Gasteiger partial charge in [-0.15, -0.1) is 0 Å². The van der Waals surface area contributed by atoms with Crippen LogP contribution in [0.1, 0.15) is 31.4 Å². The van der Waals surface area contributed by atoms with Gasteiger partial charge in [0, 0.05) is 38.2 Å². The first-order valence-corrected chi connectivity index (χ1v) is 10.2. The first-order valence-electron chi connectivity index (χ1n) is 10.2. The number of carbonyl (C=O) groups excluding carboxylic acids is 2. The van der Waals surface area contributed by atoms with Gasteiger partial charge in [-0.25, -0.2) is 14.0 Å². The van der Waals surface area contributed by atoms with Gasteiger partial charge < -0.3 is 24.8 Å². The van der Waals surface area contributed by atoms with E-state index in [-0.39, 0.29) is 12.4 Å². The molecule has 8 nitrogen and oxygen atoms in total. The Morgan fingerprint density at radius 1 is 1.23 bits per heavy atom. The number of amides is 2. The van der Waals surface area contributed by atoms with Crippen LogP contribution in [0.4, 0.5) is 9.18 Å². The standard InChI is InChI=1S/C21H26FN3O5/c1-2-28-19(26)17-16(13-25-9-7-21(8-10-25)29-11-12-30-21)23-20(27)24-18(17)14-3-5-15(22)6-4-14/h3-6,18H,2,7-13H2,1H3,(H2,23,24,27). The second-order valence-electron chi connectivity index (χ2n) is 7.58. The Kier molecular flexibility index (Phi) is 6.03. The summed E-state index contributed by atoms with van der Waals surface area (Å²) in [7, 11) is 0. The molecule has 0 saturated carbocycles. The molecule has 3 heterocycles. The Labute approximate surface area is 174 Å². The van der Waals surface area contributed by atoms with Gasteiger partial charge in [0.2, 0.25) is 0 Å². The van der Waals surface area contributed by atoms with E-state index in [9.17, 15) is 14.0 Å². The molecular formula is C21H26FN3O5. The fraction of sp³-hybridized carbons (Fsp3) is 0.524. The van der Waals surface area contributed by atoms with Crippen LogP contribution in [0.2, 0.25) is 0 Å². The summed E-state index contributed by atoms with van der Waals surface area (Å²) in [5.74, 6) is -1.40. The second kappa shape index (κ2) is 8.71. The first-order chi connectivity index (χ1) is 14.5. The van der Waals surface area contributed by atoms with E-state index in [4.69, 9.17) is 14.2 Å². The highest BCUT2D eigenvalue weighted by molar-refractivity contribution is 5.95.